The molecule has 0 spiro atoms. The van der Waals surface area contributed by atoms with E-state index in [4.69, 9.17) is 28.5 Å². The van der Waals surface area contributed by atoms with Crippen LogP contribution in [0.15, 0.2) is 12.1 Å². The molecule has 6 heteroatoms. The molecule has 0 aliphatic heterocycles. The first-order valence-electron chi connectivity index (χ1n) is 4.54. The lowest BCUT2D eigenvalue weighted by Gasteiger charge is -2.10. The number of nitrogens with one attached hydrogen (secondary N) is 1. The van der Waals surface area contributed by atoms with Crippen molar-refractivity contribution < 1.29 is 4.79 Å². The van der Waals surface area contributed by atoms with Gasteiger partial charge in [-0.1, -0.05) is 23.2 Å². The Labute approximate surface area is 103 Å². The Bertz CT molecular complexity index is 442. The van der Waals surface area contributed by atoms with Crippen molar-refractivity contribution in [1.29, 1.82) is 5.26 Å². The number of aromatic nitrogens is 1. The van der Waals surface area contributed by atoms with Gasteiger partial charge in [0.2, 0.25) is 0 Å². The molecule has 84 valence electrons. The van der Waals surface area contributed by atoms with E-state index in [1.54, 1.807) is 6.92 Å². The highest BCUT2D eigenvalue weighted by Crippen LogP contribution is 2.16. The van der Waals surface area contributed by atoms with Crippen molar-refractivity contribution in [2.75, 3.05) is 0 Å². The summed E-state index contributed by atoms with van der Waals surface area (Å²) < 4.78 is 0. The summed E-state index contributed by atoms with van der Waals surface area (Å²) in [6.45, 7) is 1.72. The van der Waals surface area contributed by atoms with Gasteiger partial charge >= 0.3 is 0 Å². The first-order chi connectivity index (χ1) is 7.54. The molecular formula is C10H9Cl2N3O. The van der Waals surface area contributed by atoms with E-state index in [0.717, 1.165) is 0 Å². The highest BCUT2D eigenvalue weighted by Gasteiger charge is 2.14. The number of halogens is 2. The molecule has 0 saturated carbocycles. The van der Waals surface area contributed by atoms with Gasteiger partial charge < -0.3 is 5.32 Å². The van der Waals surface area contributed by atoms with Gasteiger partial charge in [-0.05, 0) is 19.1 Å². The fraction of sp³-hybridized carbons (Fsp3) is 0.300. The number of hydrogen-bond donors (Lipinski definition) is 1. The Morgan fingerprint density at radius 1 is 1.62 bits per heavy atom. The van der Waals surface area contributed by atoms with Gasteiger partial charge in [-0.25, -0.2) is 4.98 Å². The monoisotopic (exact) mass is 257 g/mol. The molecular weight excluding hydrogens is 249 g/mol. The smallest absolute Gasteiger partial charge is 0.271 e. The fourth-order valence-electron chi connectivity index (χ4n) is 1.06. The molecule has 1 aromatic rings. The molecule has 0 radical (unpaired) electrons. The van der Waals surface area contributed by atoms with Gasteiger partial charge in [-0.2, -0.15) is 5.26 Å². The minimum Gasteiger partial charge on any atom is -0.347 e. The van der Waals surface area contributed by atoms with Crippen LogP contribution in [0.5, 0.6) is 0 Å². The van der Waals surface area contributed by atoms with Crippen LogP contribution in [-0.4, -0.2) is 16.9 Å². The molecule has 1 heterocycles. The van der Waals surface area contributed by atoms with Gasteiger partial charge in [-0.3, -0.25) is 4.79 Å². The highest BCUT2D eigenvalue weighted by molar-refractivity contribution is 6.34. The van der Waals surface area contributed by atoms with Gasteiger partial charge in [0.15, 0.2) is 0 Å². The summed E-state index contributed by atoms with van der Waals surface area (Å²) in [5.41, 5.74) is 0.0685. The van der Waals surface area contributed by atoms with E-state index >= 15 is 0 Å². The van der Waals surface area contributed by atoms with Crippen LogP contribution in [0.1, 0.15) is 23.8 Å². The first kappa shape index (κ1) is 12.8. The largest absolute Gasteiger partial charge is 0.347 e. The van der Waals surface area contributed by atoms with E-state index in [0.29, 0.717) is 0 Å². The van der Waals surface area contributed by atoms with E-state index in [1.165, 1.54) is 12.1 Å². The zero-order valence-electron chi connectivity index (χ0n) is 8.50. The molecule has 0 bridgehead atoms. The van der Waals surface area contributed by atoms with Crippen LogP contribution in [0.25, 0.3) is 0 Å². The number of nitriles is 1. The molecule has 1 rings (SSSR count). The minimum atomic E-state index is -0.435. The first-order valence-corrected chi connectivity index (χ1v) is 5.30. The molecule has 1 atom stereocenters. The van der Waals surface area contributed by atoms with Crippen LogP contribution in [0, 0.1) is 11.3 Å². The number of carbonyl (C=O) groups excluding carboxylic acids is 1. The maximum absolute atomic E-state index is 11.7. The van der Waals surface area contributed by atoms with Crippen molar-refractivity contribution in [3.63, 3.8) is 0 Å². The standard InChI is InChI=1S/C10H9Cl2N3O/c1-6(4-5-13)14-10(16)9-7(11)2-3-8(12)15-9/h2-3,6H,4H2,1H3,(H,14,16). The van der Waals surface area contributed by atoms with Crippen LogP contribution in [-0.2, 0) is 0 Å². The number of amides is 1. The number of carbonyl (C=O) groups is 1. The SMILES string of the molecule is CC(CC#N)NC(=O)c1nc(Cl)ccc1Cl. The average Bonchev–Trinajstić information content (AvgIpc) is 2.21. The summed E-state index contributed by atoms with van der Waals surface area (Å²) in [5.74, 6) is -0.435. The maximum atomic E-state index is 11.7. The predicted molar refractivity (Wildman–Crippen MR) is 61.4 cm³/mol. The third-order valence-corrected chi connectivity index (χ3v) is 2.32. The van der Waals surface area contributed by atoms with Gasteiger partial charge in [0, 0.05) is 6.04 Å². The third-order valence-electron chi connectivity index (χ3n) is 1.80. The second-order valence-corrected chi connectivity index (χ2v) is 4.00. The van der Waals surface area contributed by atoms with Gasteiger partial charge in [0.1, 0.15) is 10.8 Å². The van der Waals surface area contributed by atoms with Crippen molar-refractivity contribution >= 4 is 29.1 Å². The molecule has 1 amide bonds. The lowest BCUT2D eigenvalue weighted by atomic mass is 10.2. The van der Waals surface area contributed by atoms with Crippen molar-refractivity contribution in [3.05, 3.63) is 28.0 Å². The van der Waals surface area contributed by atoms with Crippen LogP contribution >= 0.6 is 23.2 Å². The summed E-state index contributed by atoms with van der Waals surface area (Å²) in [5, 5.41) is 11.5. The summed E-state index contributed by atoms with van der Waals surface area (Å²) in [6.07, 6.45) is 0.226. The van der Waals surface area contributed by atoms with Crippen molar-refractivity contribution in [3.8, 4) is 6.07 Å². The Kier molecular flexibility index (Phi) is 4.53. The summed E-state index contributed by atoms with van der Waals surface area (Å²) in [6, 6.07) is 4.70. The van der Waals surface area contributed by atoms with Crippen molar-refractivity contribution in [1.82, 2.24) is 10.3 Å². The molecule has 0 aromatic carbocycles. The zero-order chi connectivity index (χ0) is 12.1. The summed E-state index contributed by atoms with van der Waals surface area (Å²) >= 11 is 11.5. The fourth-order valence-corrected chi connectivity index (χ4v) is 1.40. The van der Waals surface area contributed by atoms with Crippen LogP contribution in [0.3, 0.4) is 0 Å². The lowest BCUT2D eigenvalue weighted by Crippen LogP contribution is -2.33. The predicted octanol–water partition coefficient (Wildman–Crippen LogP) is 2.42. The highest BCUT2D eigenvalue weighted by atomic mass is 35.5. The molecule has 0 aliphatic carbocycles. The molecule has 1 unspecified atom stereocenters. The number of pyridine rings is 1. The topological polar surface area (TPSA) is 65.8 Å². The quantitative estimate of drug-likeness (QED) is 0.846. The van der Waals surface area contributed by atoms with Crippen molar-refractivity contribution in [2.45, 2.75) is 19.4 Å². The van der Waals surface area contributed by atoms with E-state index in [2.05, 4.69) is 10.3 Å². The number of hydrogen-bond acceptors (Lipinski definition) is 3. The van der Waals surface area contributed by atoms with Gasteiger partial charge in [0.05, 0.1) is 17.5 Å². The summed E-state index contributed by atoms with van der Waals surface area (Å²) in [4.78, 5) is 15.5. The van der Waals surface area contributed by atoms with Gasteiger partial charge in [-0.15, -0.1) is 0 Å². The molecule has 0 fully saturated rings. The average molecular weight is 258 g/mol. The molecule has 0 aliphatic rings. The van der Waals surface area contributed by atoms with Crippen LogP contribution in [0.4, 0.5) is 0 Å². The Morgan fingerprint density at radius 2 is 2.31 bits per heavy atom. The number of nitrogens with zero attached hydrogens (tertiary/aromatic N) is 2. The number of rotatable bonds is 3. The Balaban J connectivity index is 2.81. The third kappa shape index (κ3) is 3.37. The second kappa shape index (κ2) is 5.69. The van der Waals surface area contributed by atoms with Gasteiger partial charge in [0.25, 0.3) is 5.91 Å². The van der Waals surface area contributed by atoms with Crippen molar-refractivity contribution in [2.24, 2.45) is 0 Å². The van der Waals surface area contributed by atoms with E-state index in [9.17, 15) is 4.79 Å². The normalized spacial score (nSPS) is 11.6. The van der Waals surface area contributed by atoms with Crippen LogP contribution in [0.2, 0.25) is 10.2 Å². The van der Waals surface area contributed by atoms with E-state index < -0.39 is 5.91 Å². The van der Waals surface area contributed by atoms with Crippen LogP contribution < -0.4 is 5.32 Å². The molecule has 16 heavy (non-hydrogen) atoms. The Morgan fingerprint density at radius 3 is 2.94 bits per heavy atom. The molecule has 1 aromatic heterocycles. The summed E-state index contributed by atoms with van der Waals surface area (Å²) in [7, 11) is 0. The van der Waals surface area contributed by atoms with E-state index in [1.807, 2.05) is 6.07 Å². The second-order valence-electron chi connectivity index (χ2n) is 3.20. The molecule has 0 saturated heterocycles. The van der Waals surface area contributed by atoms with E-state index in [-0.39, 0.29) is 28.3 Å². The Hall–Kier alpha value is -1.31. The molecule has 1 N–H and O–H groups in total. The zero-order valence-corrected chi connectivity index (χ0v) is 10.0. The molecule has 4 nitrogen and oxygen atoms in total. The minimum absolute atomic E-state index is 0.0685. The maximum Gasteiger partial charge on any atom is 0.271 e. The lowest BCUT2D eigenvalue weighted by molar-refractivity contribution is 0.0936.